The maximum atomic E-state index is 5.10. The summed E-state index contributed by atoms with van der Waals surface area (Å²) in [5.74, 6) is 2.48. The monoisotopic (exact) mass is 147 g/mol. The van der Waals surface area contributed by atoms with Crippen LogP contribution in [-0.2, 0) is 0 Å². The number of hydrogen-bond acceptors (Lipinski definition) is 1. The van der Waals surface area contributed by atoms with Crippen molar-refractivity contribution in [2.75, 3.05) is 6.54 Å². The lowest BCUT2D eigenvalue weighted by atomic mass is 10.1. The minimum atomic E-state index is 1.07. The molecule has 58 valence electrons. The van der Waals surface area contributed by atoms with E-state index in [0.717, 1.165) is 6.54 Å². The van der Waals surface area contributed by atoms with E-state index in [9.17, 15) is 0 Å². The molecule has 1 heteroatoms. The van der Waals surface area contributed by atoms with Gasteiger partial charge in [0.25, 0.3) is 0 Å². The fourth-order valence-corrected chi connectivity index (χ4v) is 1.19. The Morgan fingerprint density at radius 3 is 3.09 bits per heavy atom. The molecule has 0 unspecified atom stereocenters. The first-order chi connectivity index (χ1) is 5.34. The maximum absolute atomic E-state index is 5.10. The zero-order valence-electron chi connectivity index (χ0n) is 6.85. The summed E-state index contributed by atoms with van der Waals surface area (Å²) in [6.45, 7) is 3.21. The molecule has 0 saturated heterocycles. The van der Waals surface area contributed by atoms with Gasteiger partial charge in [-0.2, -0.15) is 0 Å². The summed E-state index contributed by atoms with van der Waals surface area (Å²) in [5, 5.41) is 3.30. The predicted molar refractivity (Wildman–Crippen MR) is 47.9 cm³/mol. The Balaban J connectivity index is 2.68. The number of rotatable bonds is 1. The molecule has 1 rings (SSSR count). The molecule has 0 spiro atoms. The number of hydrogen-bond donors (Lipinski definition) is 1. The van der Waals surface area contributed by atoms with Crippen LogP contribution in [0, 0.1) is 12.3 Å². The molecule has 1 nitrogen and oxygen atoms in total. The van der Waals surface area contributed by atoms with Crippen molar-refractivity contribution in [3.63, 3.8) is 0 Å². The van der Waals surface area contributed by atoms with E-state index in [-0.39, 0.29) is 0 Å². The van der Waals surface area contributed by atoms with Crippen molar-refractivity contribution in [3.05, 3.63) is 23.4 Å². The predicted octanol–water partition coefficient (Wildman–Crippen LogP) is 1.83. The smallest absolute Gasteiger partial charge is 0.0335 e. The van der Waals surface area contributed by atoms with Crippen LogP contribution in [0.15, 0.2) is 23.4 Å². The van der Waals surface area contributed by atoms with E-state index < -0.39 is 0 Å². The van der Waals surface area contributed by atoms with Gasteiger partial charge in [0.2, 0.25) is 0 Å². The summed E-state index contributed by atoms with van der Waals surface area (Å²) in [6.07, 6.45) is 11.2. The van der Waals surface area contributed by atoms with Gasteiger partial charge in [-0.25, -0.2) is 0 Å². The molecule has 0 aromatic carbocycles. The lowest BCUT2D eigenvalue weighted by molar-refractivity contribution is 0.675. The van der Waals surface area contributed by atoms with Crippen molar-refractivity contribution in [1.82, 2.24) is 5.32 Å². The number of allylic oxidation sites excluding steroid dienone is 3. The van der Waals surface area contributed by atoms with Crippen molar-refractivity contribution in [3.8, 4) is 12.3 Å². The van der Waals surface area contributed by atoms with Crippen molar-refractivity contribution in [1.29, 1.82) is 0 Å². The highest BCUT2D eigenvalue weighted by Crippen LogP contribution is 2.13. The molecule has 0 saturated carbocycles. The van der Waals surface area contributed by atoms with Gasteiger partial charge < -0.3 is 5.32 Å². The molecule has 0 amide bonds. The van der Waals surface area contributed by atoms with E-state index in [1.165, 1.54) is 24.1 Å². The van der Waals surface area contributed by atoms with Crippen LogP contribution in [0.1, 0.15) is 19.8 Å². The highest BCUT2D eigenvalue weighted by molar-refractivity contribution is 5.28. The van der Waals surface area contributed by atoms with Crippen molar-refractivity contribution in [2.24, 2.45) is 0 Å². The van der Waals surface area contributed by atoms with Gasteiger partial charge in [0.05, 0.1) is 0 Å². The Bertz CT molecular complexity index is 228. The second kappa shape index (κ2) is 3.88. The van der Waals surface area contributed by atoms with Crippen LogP contribution < -0.4 is 5.32 Å². The second-order valence-electron chi connectivity index (χ2n) is 2.72. The summed E-state index contributed by atoms with van der Waals surface area (Å²) in [7, 11) is 0. The Morgan fingerprint density at radius 2 is 2.45 bits per heavy atom. The van der Waals surface area contributed by atoms with E-state index in [1.54, 1.807) is 6.08 Å². The van der Waals surface area contributed by atoms with E-state index in [2.05, 4.69) is 18.2 Å². The summed E-state index contributed by atoms with van der Waals surface area (Å²) in [6, 6.07) is 0. The largest absolute Gasteiger partial charge is 0.385 e. The lowest BCUT2D eigenvalue weighted by Crippen LogP contribution is -2.19. The summed E-state index contributed by atoms with van der Waals surface area (Å²) in [4.78, 5) is 0. The third kappa shape index (κ3) is 2.16. The highest BCUT2D eigenvalue weighted by Gasteiger charge is 2.03. The first-order valence-electron chi connectivity index (χ1n) is 3.91. The van der Waals surface area contributed by atoms with Gasteiger partial charge in [-0.1, -0.05) is 11.5 Å². The molecule has 11 heavy (non-hydrogen) atoms. The molecule has 1 N–H and O–H groups in total. The molecule has 0 fully saturated rings. The fourth-order valence-electron chi connectivity index (χ4n) is 1.19. The van der Waals surface area contributed by atoms with Gasteiger partial charge >= 0.3 is 0 Å². The van der Waals surface area contributed by atoms with Gasteiger partial charge in [-0.15, -0.1) is 6.42 Å². The van der Waals surface area contributed by atoms with Crippen LogP contribution in [0.3, 0.4) is 0 Å². The molecule has 0 radical (unpaired) electrons. The van der Waals surface area contributed by atoms with Crippen LogP contribution in [0.5, 0.6) is 0 Å². The number of nitrogens with one attached hydrogen (secondary N) is 1. The zero-order valence-corrected chi connectivity index (χ0v) is 6.85. The fraction of sp³-hybridized carbons (Fsp3) is 0.400. The first-order valence-corrected chi connectivity index (χ1v) is 3.91. The zero-order chi connectivity index (χ0) is 8.10. The molecule has 0 bridgehead atoms. The molecule has 0 aromatic heterocycles. The standard InChI is InChI=1S/C10H13N/c1-3-4-7-10-9(2)6-5-8-11-10/h1,4,7,11H,5-6,8H2,2H3/b7-4-. The summed E-state index contributed by atoms with van der Waals surface area (Å²) in [5.41, 5.74) is 2.61. The average molecular weight is 147 g/mol. The SMILES string of the molecule is C#C/C=C\C1=C(C)CCCN1. The number of terminal acetylenes is 1. The quantitative estimate of drug-likeness (QED) is 0.558. The highest BCUT2D eigenvalue weighted by atomic mass is 14.9. The van der Waals surface area contributed by atoms with Gasteiger partial charge in [0.1, 0.15) is 0 Å². The molecule has 1 aliphatic rings. The van der Waals surface area contributed by atoms with Crippen molar-refractivity contribution < 1.29 is 0 Å². The lowest BCUT2D eigenvalue weighted by Gasteiger charge is -2.16. The van der Waals surface area contributed by atoms with Crippen LogP contribution in [0.4, 0.5) is 0 Å². The van der Waals surface area contributed by atoms with Crippen LogP contribution in [0.2, 0.25) is 0 Å². The van der Waals surface area contributed by atoms with Crippen molar-refractivity contribution >= 4 is 0 Å². The van der Waals surface area contributed by atoms with Crippen LogP contribution in [0.25, 0.3) is 0 Å². The Hall–Kier alpha value is -1.16. The molecule has 0 aromatic rings. The van der Waals surface area contributed by atoms with Gasteiger partial charge in [0, 0.05) is 12.2 Å². The molecular formula is C10H13N. The van der Waals surface area contributed by atoms with E-state index in [1.807, 2.05) is 6.08 Å². The molecule has 0 atom stereocenters. The van der Waals surface area contributed by atoms with Gasteiger partial charge in [-0.05, 0) is 31.9 Å². The third-order valence-electron chi connectivity index (χ3n) is 1.85. The topological polar surface area (TPSA) is 12.0 Å². The van der Waals surface area contributed by atoms with Crippen LogP contribution in [-0.4, -0.2) is 6.54 Å². The average Bonchev–Trinajstić information content (AvgIpc) is 2.03. The minimum absolute atomic E-state index is 1.07. The molecule has 1 heterocycles. The van der Waals surface area contributed by atoms with Crippen molar-refractivity contribution in [2.45, 2.75) is 19.8 Å². The molecular weight excluding hydrogens is 134 g/mol. The first kappa shape index (κ1) is 7.94. The molecule has 0 aliphatic carbocycles. The second-order valence-corrected chi connectivity index (χ2v) is 2.72. The van der Waals surface area contributed by atoms with Crippen LogP contribution >= 0.6 is 0 Å². The minimum Gasteiger partial charge on any atom is -0.385 e. The van der Waals surface area contributed by atoms with E-state index >= 15 is 0 Å². The molecule has 1 aliphatic heterocycles. The Kier molecular flexibility index (Phi) is 2.80. The summed E-state index contributed by atoms with van der Waals surface area (Å²) < 4.78 is 0. The summed E-state index contributed by atoms with van der Waals surface area (Å²) >= 11 is 0. The van der Waals surface area contributed by atoms with E-state index in [0.29, 0.717) is 0 Å². The van der Waals surface area contributed by atoms with Gasteiger partial charge in [-0.3, -0.25) is 0 Å². The maximum Gasteiger partial charge on any atom is 0.0335 e. The third-order valence-corrected chi connectivity index (χ3v) is 1.85. The van der Waals surface area contributed by atoms with Gasteiger partial charge in [0.15, 0.2) is 0 Å². The normalized spacial score (nSPS) is 18.2. The van der Waals surface area contributed by atoms with E-state index in [4.69, 9.17) is 6.42 Å². The Labute approximate surface area is 68.2 Å². The Morgan fingerprint density at radius 1 is 1.64 bits per heavy atom.